The number of nitrogens with zero attached hydrogens (tertiary/aromatic N) is 3. The first kappa shape index (κ1) is 24.9. The first-order chi connectivity index (χ1) is 16.3. The van der Waals surface area contributed by atoms with Gasteiger partial charge in [0.25, 0.3) is 0 Å². The summed E-state index contributed by atoms with van der Waals surface area (Å²) in [6, 6.07) is 10.7. The molecule has 0 bridgehead atoms. The second kappa shape index (κ2) is 8.77. The van der Waals surface area contributed by atoms with Gasteiger partial charge < -0.3 is 10.4 Å². The topological polar surface area (TPSA) is 70.9 Å². The zero-order valence-electron chi connectivity index (χ0n) is 19.6. The van der Waals surface area contributed by atoms with Crippen LogP contribution in [0.4, 0.5) is 18.9 Å². The van der Waals surface area contributed by atoms with Crippen molar-refractivity contribution in [3.63, 3.8) is 0 Å². The molecule has 0 saturated carbocycles. The van der Waals surface area contributed by atoms with E-state index in [-0.39, 0.29) is 0 Å². The fraction of sp³-hybridized carbons (Fsp3) is 0.269. The van der Waals surface area contributed by atoms with E-state index in [0.717, 1.165) is 28.6 Å². The zero-order valence-corrected chi connectivity index (χ0v) is 20.3. The fourth-order valence-corrected chi connectivity index (χ4v) is 3.93. The number of alkyl halides is 3. The van der Waals surface area contributed by atoms with Crippen LogP contribution in [-0.4, -0.2) is 20.1 Å². The molecule has 0 spiro atoms. The van der Waals surface area contributed by atoms with Crippen molar-refractivity contribution in [1.82, 2.24) is 15.0 Å². The SMILES string of the molecule is CC(C)(O)c1ncc(-c2ccc3ncc(Cl)c(NC(C)(C)c4ccc(C(F)(F)F)cc4)c3c2)cn1. The number of aromatic nitrogens is 3. The van der Waals surface area contributed by atoms with E-state index in [4.69, 9.17) is 11.6 Å². The Kier molecular flexibility index (Phi) is 6.23. The average Bonchev–Trinajstić information content (AvgIpc) is 2.80. The van der Waals surface area contributed by atoms with Crippen molar-refractivity contribution >= 4 is 28.2 Å². The lowest BCUT2D eigenvalue weighted by Gasteiger charge is -2.30. The van der Waals surface area contributed by atoms with Crippen molar-refractivity contribution in [1.29, 1.82) is 0 Å². The molecule has 2 heterocycles. The zero-order chi connectivity index (χ0) is 25.6. The second-order valence-electron chi connectivity index (χ2n) is 9.39. The highest BCUT2D eigenvalue weighted by atomic mass is 35.5. The maximum Gasteiger partial charge on any atom is 0.416 e. The number of benzene rings is 2. The normalized spacial score (nSPS) is 12.7. The highest BCUT2D eigenvalue weighted by molar-refractivity contribution is 6.34. The first-order valence-electron chi connectivity index (χ1n) is 10.9. The molecule has 0 saturated heterocycles. The highest BCUT2D eigenvalue weighted by Gasteiger charge is 2.31. The average molecular weight is 501 g/mol. The number of rotatable bonds is 5. The van der Waals surface area contributed by atoms with Gasteiger partial charge >= 0.3 is 6.18 Å². The number of fused-ring (bicyclic) bond motifs is 1. The van der Waals surface area contributed by atoms with Gasteiger partial charge in [-0.05, 0) is 63.1 Å². The molecule has 0 unspecified atom stereocenters. The summed E-state index contributed by atoms with van der Waals surface area (Å²) in [6.07, 6.45) is 0.416. The van der Waals surface area contributed by atoms with Gasteiger partial charge in [-0.2, -0.15) is 13.2 Å². The number of aliphatic hydroxyl groups is 1. The van der Waals surface area contributed by atoms with Crippen LogP contribution in [0, 0.1) is 0 Å². The van der Waals surface area contributed by atoms with Crippen molar-refractivity contribution in [3.05, 3.63) is 83.0 Å². The van der Waals surface area contributed by atoms with Crippen LogP contribution in [0.25, 0.3) is 22.0 Å². The molecule has 0 fully saturated rings. The van der Waals surface area contributed by atoms with E-state index in [1.807, 2.05) is 32.0 Å². The molecule has 4 rings (SSSR count). The Morgan fingerprint density at radius 2 is 1.40 bits per heavy atom. The molecule has 5 nitrogen and oxygen atoms in total. The molecule has 0 radical (unpaired) electrons. The number of anilines is 1. The van der Waals surface area contributed by atoms with Gasteiger partial charge in [-0.15, -0.1) is 0 Å². The number of hydrogen-bond acceptors (Lipinski definition) is 5. The summed E-state index contributed by atoms with van der Waals surface area (Å²) in [5, 5.41) is 14.6. The van der Waals surface area contributed by atoms with E-state index in [0.29, 0.717) is 27.6 Å². The lowest BCUT2D eigenvalue weighted by atomic mass is 9.92. The molecule has 2 N–H and O–H groups in total. The maximum atomic E-state index is 13.0. The lowest BCUT2D eigenvalue weighted by Crippen LogP contribution is -2.28. The van der Waals surface area contributed by atoms with Crippen molar-refractivity contribution in [2.24, 2.45) is 0 Å². The summed E-state index contributed by atoms with van der Waals surface area (Å²) in [5.41, 5.74) is 0.933. The molecule has 0 aliphatic rings. The largest absolute Gasteiger partial charge is 0.416 e. The third kappa shape index (κ3) is 5.23. The molecule has 4 aromatic rings. The summed E-state index contributed by atoms with van der Waals surface area (Å²) in [7, 11) is 0. The van der Waals surface area contributed by atoms with Gasteiger partial charge in [0.2, 0.25) is 0 Å². The van der Waals surface area contributed by atoms with E-state index >= 15 is 0 Å². The summed E-state index contributed by atoms with van der Waals surface area (Å²) in [6.45, 7) is 6.96. The van der Waals surface area contributed by atoms with Crippen LogP contribution in [0.1, 0.15) is 44.6 Å². The minimum atomic E-state index is -4.40. The minimum absolute atomic E-state index is 0.312. The van der Waals surface area contributed by atoms with E-state index in [1.54, 1.807) is 26.2 Å². The molecule has 0 atom stereocenters. The molecular formula is C26H24ClF3N4O. The van der Waals surface area contributed by atoms with Gasteiger partial charge in [0.1, 0.15) is 5.60 Å². The van der Waals surface area contributed by atoms with Gasteiger partial charge in [-0.25, -0.2) is 9.97 Å². The van der Waals surface area contributed by atoms with Gasteiger partial charge in [-0.1, -0.05) is 29.8 Å². The van der Waals surface area contributed by atoms with Crippen LogP contribution < -0.4 is 5.32 Å². The van der Waals surface area contributed by atoms with Crippen LogP contribution in [0.15, 0.2) is 61.1 Å². The quantitative estimate of drug-likeness (QED) is 0.310. The smallest absolute Gasteiger partial charge is 0.382 e. The minimum Gasteiger partial charge on any atom is -0.382 e. The van der Waals surface area contributed by atoms with Crippen LogP contribution in [-0.2, 0) is 17.3 Å². The summed E-state index contributed by atoms with van der Waals surface area (Å²) >= 11 is 6.52. The third-order valence-electron chi connectivity index (χ3n) is 5.73. The fourth-order valence-electron chi connectivity index (χ4n) is 3.73. The van der Waals surface area contributed by atoms with E-state index in [2.05, 4.69) is 20.3 Å². The van der Waals surface area contributed by atoms with Gasteiger partial charge in [0.15, 0.2) is 5.82 Å². The van der Waals surface area contributed by atoms with Gasteiger partial charge in [0.05, 0.1) is 27.3 Å². The Labute approximate surface area is 206 Å². The highest BCUT2D eigenvalue weighted by Crippen LogP contribution is 2.37. The van der Waals surface area contributed by atoms with Crippen molar-refractivity contribution in [2.75, 3.05) is 5.32 Å². The summed E-state index contributed by atoms with van der Waals surface area (Å²) < 4.78 is 39.0. The molecule has 182 valence electrons. The second-order valence-corrected chi connectivity index (χ2v) is 9.80. The molecule has 2 aromatic heterocycles. The number of halogens is 4. The number of hydrogen-bond donors (Lipinski definition) is 2. The summed E-state index contributed by atoms with van der Waals surface area (Å²) in [5.74, 6) is 0.312. The van der Waals surface area contributed by atoms with Crippen LogP contribution >= 0.6 is 11.6 Å². The molecule has 0 aliphatic carbocycles. The Morgan fingerprint density at radius 1 is 0.800 bits per heavy atom. The van der Waals surface area contributed by atoms with Crippen molar-refractivity contribution in [3.8, 4) is 11.1 Å². The Hall–Kier alpha value is -3.23. The van der Waals surface area contributed by atoms with E-state index in [9.17, 15) is 18.3 Å². The Balaban J connectivity index is 1.72. The molecular weight excluding hydrogens is 477 g/mol. The maximum absolute atomic E-state index is 13.0. The first-order valence-corrected chi connectivity index (χ1v) is 11.2. The third-order valence-corrected chi connectivity index (χ3v) is 6.01. The monoisotopic (exact) mass is 500 g/mol. The van der Waals surface area contributed by atoms with Gasteiger partial charge in [0, 0.05) is 29.5 Å². The predicted octanol–water partition coefficient (Wildman–Crippen LogP) is 6.94. The predicted molar refractivity (Wildman–Crippen MR) is 131 cm³/mol. The van der Waals surface area contributed by atoms with Crippen LogP contribution in [0.5, 0.6) is 0 Å². The molecule has 2 aromatic carbocycles. The molecule has 0 aliphatic heterocycles. The van der Waals surface area contributed by atoms with Crippen molar-refractivity contribution in [2.45, 2.75) is 45.0 Å². The van der Waals surface area contributed by atoms with Crippen LogP contribution in [0.3, 0.4) is 0 Å². The standard InChI is InChI=1S/C26H24ClF3N4O/c1-24(2,17-6-8-18(9-7-17)26(28,29)30)34-22-19-11-15(5-10-21(19)31-14-20(22)27)16-12-32-23(33-13-16)25(3,4)35/h5-14,35H,1-4H3,(H,31,34). The Bertz CT molecular complexity index is 1360. The molecule has 35 heavy (non-hydrogen) atoms. The van der Waals surface area contributed by atoms with E-state index in [1.165, 1.54) is 18.3 Å². The molecule has 9 heteroatoms. The van der Waals surface area contributed by atoms with Crippen molar-refractivity contribution < 1.29 is 18.3 Å². The number of nitrogens with one attached hydrogen (secondary N) is 1. The summed E-state index contributed by atoms with van der Waals surface area (Å²) in [4.78, 5) is 12.9. The molecule has 0 amide bonds. The Morgan fingerprint density at radius 3 is 1.97 bits per heavy atom. The lowest BCUT2D eigenvalue weighted by molar-refractivity contribution is -0.137. The number of pyridine rings is 1. The van der Waals surface area contributed by atoms with Gasteiger partial charge in [-0.3, -0.25) is 4.98 Å². The van der Waals surface area contributed by atoms with Crippen LogP contribution in [0.2, 0.25) is 5.02 Å². The van der Waals surface area contributed by atoms with E-state index < -0.39 is 22.9 Å².